The first-order valence-electron chi connectivity index (χ1n) is 9.75. The number of hydrogen-bond acceptors (Lipinski definition) is 7. The monoisotopic (exact) mass is 443 g/mol. The van der Waals surface area contributed by atoms with E-state index < -0.39 is 34.8 Å². The normalized spacial score (nSPS) is 12.2. The standard InChI is InChI=1S/C22H25N3O7/c1-14(26)23-17(11-15-7-5-4-6-8-15)21(27)24-18(22(28)32-3)12-16-9-10-20(31-2)19(13-16)25(29)30/h4-10,13,17-18H,11-12H2,1-3H3,(H,23,26)(H,24,27)/t17-,18-/m1/s1. The highest BCUT2D eigenvalue weighted by molar-refractivity contribution is 5.90. The Morgan fingerprint density at radius 3 is 2.19 bits per heavy atom. The zero-order chi connectivity index (χ0) is 23.7. The number of carbonyl (C=O) groups excluding carboxylic acids is 3. The van der Waals surface area contributed by atoms with E-state index in [-0.39, 0.29) is 24.3 Å². The van der Waals surface area contributed by atoms with Crippen molar-refractivity contribution in [2.45, 2.75) is 31.8 Å². The molecule has 2 aromatic rings. The quantitative estimate of drug-likeness (QED) is 0.323. The Morgan fingerprint density at radius 1 is 0.969 bits per heavy atom. The van der Waals surface area contributed by atoms with E-state index in [0.717, 1.165) is 5.56 Å². The third kappa shape index (κ3) is 6.79. The molecule has 2 N–H and O–H groups in total. The van der Waals surface area contributed by atoms with Crippen molar-refractivity contribution in [2.24, 2.45) is 0 Å². The van der Waals surface area contributed by atoms with Crippen LogP contribution < -0.4 is 15.4 Å². The molecular formula is C22H25N3O7. The molecule has 170 valence electrons. The zero-order valence-corrected chi connectivity index (χ0v) is 18.0. The van der Waals surface area contributed by atoms with Crippen molar-refractivity contribution in [3.63, 3.8) is 0 Å². The lowest BCUT2D eigenvalue weighted by Crippen LogP contribution is -2.53. The van der Waals surface area contributed by atoms with Crippen LogP contribution in [-0.4, -0.2) is 49.0 Å². The van der Waals surface area contributed by atoms with Crippen LogP contribution in [0.25, 0.3) is 0 Å². The molecule has 0 aliphatic heterocycles. The second-order valence-electron chi connectivity index (χ2n) is 6.99. The first kappa shape index (κ1) is 24.3. The van der Waals surface area contributed by atoms with E-state index in [0.29, 0.717) is 5.56 Å². The van der Waals surface area contributed by atoms with E-state index in [1.54, 1.807) is 6.07 Å². The fourth-order valence-corrected chi connectivity index (χ4v) is 3.15. The molecule has 0 aliphatic carbocycles. The van der Waals surface area contributed by atoms with Gasteiger partial charge in [-0.2, -0.15) is 0 Å². The minimum absolute atomic E-state index is 0.0542. The van der Waals surface area contributed by atoms with Crippen LogP contribution in [0.4, 0.5) is 5.69 Å². The van der Waals surface area contributed by atoms with Crippen LogP contribution in [0, 0.1) is 10.1 Å². The van der Waals surface area contributed by atoms with Crippen LogP contribution in [0.2, 0.25) is 0 Å². The number of hydrogen-bond donors (Lipinski definition) is 2. The van der Waals surface area contributed by atoms with Gasteiger partial charge >= 0.3 is 11.7 Å². The first-order valence-corrected chi connectivity index (χ1v) is 9.75. The molecular weight excluding hydrogens is 418 g/mol. The van der Waals surface area contributed by atoms with Gasteiger partial charge in [0.25, 0.3) is 0 Å². The number of nitro benzene ring substituents is 1. The van der Waals surface area contributed by atoms with Crippen LogP contribution in [0.1, 0.15) is 18.1 Å². The summed E-state index contributed by atoms with van der Waals surface area (Å²) in [5, 5.41) is 16.5. The van der Waals surface area contributed by atoms with Gasteiger partial charge in [-0.05, 0) is 17.2 Å². The van der Waals surface area contributed by atoms with Crippen molar-refractivity contribution in [1.82, 2.24) is 10.6 Å². The fraction of sp³-hybridized carbons (Fsp3) is 0.318. The van der Waals surface area contributed by atoms with E-state index in [2.05, 4.69) is 10.6 Å². The molecule has 2 atom stereocenters. The topological polar surface area (TPSA) is 137 Å². The van der Waals surface area contributed by atoms with Gasteiger partial charge in [0.15, 0.2) is 5.75 Å². The summed E-state index contributed by atoms with van der Waals surface area (Å²) in [6.07, 6.45) is 0.162. The lowest BCUT2D eigenvalue weighted by Gasteiger charge is -2.22. The van der Waals surface area contributed by atoms with Gasteiger partial charge in [-0.25, -0.2) is 4.79 Å². The third-order valence-electron chi connectivity index (χ3n) is 4.66. The Kier molecular flexibility index (Phi) is 8.70. The number of rotatable bonds is 10. The number of ether oxygens (including phenoxy) is 2. The molecule has 10 nitrogen and oxygen atoms in total. The van der Waals surface area contributed by atoms with Crippen LogP contribution in [0.5, 0.6) is 5.75 Å². The summed E-state index contributed by atoms with van der Waals surface area (Å²) in [5.41, 5.74) is 0.981. The van der Waals surface area contributed by atoms with Crippen LogP contribution >= 0.6 is 0 Å². The molecule has 10 heteroatoms. The molecule has 0 aliphatic rings. The maximum atomic E-state index is 12.9. The molecule has 0 spiro atoms. The molecule has 0 heterocycles. The number of carbonyl (C=O) groups is 3. The molecule has 0 unspecified atom stereocenters. The number of amides is 2. The van der Waals surface area contributed by atoms with Crippen molar-refractivity contribution in [3.05, 3.63) is 69.8 Å². The van der Waals surface area contributed by atoms with Crippen molar-refractivity contribution < 1.29 is 28.8 Å². The summed E-state index contributed by atoms with van der Waals surface area (Å²) in [6, 6.07) is 11.3. The van der Waals surface area contributed by atoms with Gasteiger partial charge < -0.3 is 20.1 Å². The van der Waals surface area contributed by atoms with Crippen molar-refractivity contribution in [3.8, 4) is 5.75 Å². The predicted octanol–water partition coefficient (Wildman–Crippen LogP) is 1.55. The summed E-state index contributed by atoms with van der Waals surface area (Å²) < 4.78 is 9.77. The van der Waals surface area contributed by atoms with E-state index in [1.807, 2.05) is 30.3 Å². The smallest absolute Gasteiger partial charge is 0.328 e. The Hall–Kier alpha value is -3.95. The van der Waals surface area contributed by atoms with Gasteiger partial charge in [0.1, 0.15) is 12.1 Å². The molecule has 2 amide bonds. The Bertz CT molecular complexity index is 979. The lowest BCUT2D eigenvalue weighted by atomic mass is 10.0. The van der Waals surface area contributed by atoms with Crippen molar-refractivity contribution in [2.75, 3.05) is 14.2 Å². The van der Waals surface area contributed by atoms with Gasteiger partial charge in [-0.1, -0.05) is 36.4 Å². The Labute approximate surface area is 185 Å². The highest BCUT2D eigenvalue weighted by Crippen LogP contribution is 2.28. The van der Waals surface area contributed by atoms with E-state index in [1.165, 1.54) is 33.3 Å². The first-order chi connectivity index (χ1) is 15.2. The number of benzene rings is 2. The van der Waals surface area contributed by atoms with Gasteiger partial charge in [0.2, 0.25) is 11.8 Å². The molecule has 0 bridgehead atoms. The summed E-state index contributed by atoms with van der Waals surface area (Å²) in [5.74, 6) is -1.63. The molecule has 32 heavy (non-hydrogen) atoms. The molecule has 0 radical (unpaired) electrons. The van der Waals surface area contributed by atoms with E-state index in [4.69, 9.17) is 9.47 Å². The maximum Gasteiger partial charge on any atom is 0.328 e. The number of nitrogens with one attached hydrogen (secondary N) is 2. The molecule has 2 aromatic carbocycles. The molecule has 2 rings (SSSR count). The van der Waals surface area contributed by atoms with Crippen LogP contribution in [0.3, 0.4) is 0 Å². The van der Waals surface area contributed by atoms with Crippen LogP contribution in [0.15, 0.2) is 48.5 Å². The molecule has 0 saturated heterocycles. The Morgan fingerprint density at radius 2 is 1.62 bits per heavy atom. The maximum absolute atomic E-state index is 12.9. The second kappa shape index (κ2) is 11.4. The summed E-state index contributed by atoms with van der Waals surface area (Å²) in [4.78, 5) is 47.5. The van der Waals surface area contributed by atoms with Crippen LogP contribution in [-0.2, 0) is 32.0 Å². The summed E-state index contributed by atoms with van der Waals surface area (Å²) in [6.45, 7) is 1.29. The van der Waals surface area contributed by atoms with E-state index in [9.17, 15) is 24.5 Å². The average molecular weight is 443 g/mol. The summed E-state index contributed by atoms with van der Waals surface area (Å²) >= 11 is 0. The zero-order valence-electron chi connectivity index (χ0n) is 18.0. The SMILES string of the molecule is COC(=O)[C@@H](Cc1ccc(OC)c([N+](=O)[O-])c1)NC(=O)[C@@H](Cc1ccccc1)NC(C)=O. The summed E-state index contributed by atoms with van der Waals surface area (Å²) in [7, 11) is 2.49. The number of nitrogens with zero attached hydrogens (tertiary/aromatic N) is 1. The second-order valence-corrected chi connectivity index (χ2v) is 6.99. The predicted molar refractivity (Wildman–Crippen MR) is 115 cm³/mol. The Balaban J connectivity index is 2.23. The minimum atomic E-state index is -1.12. The van der Waals surface area contributed by atoms with Gasteiger partial charge in [0.05, 0.1) is 19.1 Å². The highest BCUT2D eigenvalue weighted by Gasteiger charge is 2.28. The van der Waals surface area contributed by atoms with Gasteiger partial charge in [-0.3, -0.25) is 19.7 Å². The largest absolute Gasteiger partial charge is 0.490 e. The highest BCUT2D eigenvalue weighted by atomic mass is 16.6. The van der Waals surface area contributed by atoms with E-state index >= 15 is 0 Å². The van der Waals surface area contributed by atoms with Crippen molar-refractivity contribution >= 4 is 23.5 Å². The molecule has 0 fully saturated rings. The van der Waals surface area contributed by atoms with Gasteiger partial charge in [-0.15, -0.1) is 0 Å². The van der Waals surface area contributed by atoms with Crippen molar-refractivity contribution in [1.29, 1.82) is 0 Å². The fourth-order valence-electron chi connectivity index (χ4n) is 3.15. The number of esters is 1. The molecule has 0 saturated carbocycles. The third-order valence-corrected chi connectivity index (χ3v) is 4.66. The minimum Gasteiger partial charge on any atom is -0.490 e. The number of nitro groups is 1. The lowest BCUT2D eigenvalue weighted by molar-refractivity contribution is -0.385. The van der Waals surface area contributed by atoms with Gasteiger partial charge in [0, 0.05) is 25.8 Å². The average Bonchev–Trinajstić information content (AvgIpc) is 2.77. The molecule has 0 aromatic heterocycles. The number of methoxy groups -OCH3 is 2.